The molecule has 0 spiro atoms. The first-order valence-corrected chi connectivity index (χ1v) is 6.55. The molecule has 0 bridgehead atoms. The zero-order chi connectivity index (χ0) is 14.7. The van der Waals surface area contributed by atoms with Crippen LogP contribution in [-0.2, 0) is 14.3 Å². The van der Waals surface area contributed by atoms with Crippen molar-refractivity contribution in [2.24, 2.45) is 0 Å². The molecule has 6 heteroatoms. The van der Waals surface area contributed by atoms with Gasteiger partial charge in [-0.2, -0.15) is 0 Å². The average Bonchev–Trinajstić information content (AvgIpc) is 2.36. The van der Waals surface area contributed by atoms with Crippen molar-refractivity contribution in [2.45, 2.75) is 51.7 Å². The van der Waals surface area contributed by atoms with Gasteiger partial charge in [-0.25, -0.2) is 4.79 Å². The molecule has 1 aliphatic heterocycles. The Morgan fingerprint density at radius 3 is 2.47 bits per heavy atom. The second kappa shape index (κ2) is 9.61. The molecule has 1 saturated heterocycles. The van der Waals surface area contributed by atoms with E-state index in [4.69, 9.17) is 9.53 Å². The van der Waals surface area contributed by atoms with Gasteiger partial charge in [-0.15, -0.1) is 0 Å². The van der Waals surface area contributed by atoms with Gasteiger partial charge in [0, 0.05) is 12.6 Å². The molecule has 19 heavy (non-hydrogen) atoms. The first-order valence-electron chi connectivity index (χ1n) is 6.55. The van der Waals surface area contributed by atoms with E-state index in [9.17, 15) is 4.79 Å². The lowest BCUT2D eigenvalue weighted by Crippen LogP contribution is -2.44. The smallest absolute Gasteiger partial charge is 0.407 e. The molecule has 0 aliphatic carbocycles. The van der Waals surface area contributed by atoms with Crippen molar-refractivity contribution >= 4 is 12.6 Å². The fourth-order valence-electron chi connectivity index (χ4n) is 1.62. The first kappa shape index (κ1) is 17.7. The molecule has 1 aliphatic rings. The zero-order valence-electron chi connectivity index (χ0n) is 12.3. The van der Waals surface area contributed by atoms with Crippen LogP contribution in [0, 0.1) is 0 Å². The van der Waals surface area contributed by atoms with Gasteiger partial charge in [-0.05, 0) is 40.2 Å². The molecule has 0 aromatic carbocycles. The summed E-state index contributed by atoms with van der Waals surface area (Å²) in [4.78, 5) is 20.3. The SMILES string of the molecule is CC(C)(C)OC(=O)NC[C@@H]1CCCCN1.COC=O. The third-order valence-electron chi connectivity index (χ3n) is 2.40. The standard InChI is InChI=1S/C11H22N2O2.C2H4O2/c1-11(2,3)15-10(14)13-8-9-6-4-5-7-12-9;1-4-2-3/h9,12H,4-8H2,1-3H3,(H,13,14);2H,1H3/t9-;/m0./s1. The molecule has 1 rings (SSSR count). The highest BCUT2D eigenvalue weighted by Crippen LogP contribution is 2.08. The van der Waals surface area contributed by atoms with Crippen LogP contribution in [0.4, 0.5) is 4.79 Å². The molecular formula is C13H26N2O4. The van der Waals surface area contributed by atoms with Crippen molar-refractivity contribution in [3.8, 4) is 0 Å². The quantitative estimate of drug-likeness (QED) is 0.762. The summed E-state index contributed by atoms with van der Waals surface area (Å²) in [5.74, 6) is 0. The minimum absolute atomic E-state index is 0.324. The fraction of sp³-hybridized carbons (Fsp3) is 0.846. The summed E-state index contributed by atoms with van der Waals surface area (Å²) in [6.45, 7) is 7.69. The summed E-state index contributed by atoms with van der Waals surface area (Å²) in [7, 11) is 1.31. The average molecular weight is 274 g/mol. The minimum atomic E-state index is -0.413. The summed E-state index contributed by atoms with van der Waals surface area (Å²) >= 11 is 0. The van der Waals surface area contributed by atoms with E-state index in [0.717, 1.165) is 13.0 Å². The van der Waals surface area contributed by atoms with E-state index in [1.54, 1.807) is 0 Å². The number of piperidine rings is 1. The van der Waals surface area contributed by atoms with Gasteiger partial charge in [0.1, 0.15) is 5.60 Å². The maximum Gasteiger partial charge on any atom is 0.407 e. The Bertz CT molecular complexity index is 258. The van der Waals surface area contributed by atoms with E-state index in [1.807, 2.05) is 20.8 Å². The van der Waals surface area contributed by atoms with Gasteiger partial charge in [0.25, 0.3) is 6.47 Å². The number of carbonyl (C=O) groups excluding carboxylic acids is 2. The van der Waals surface area contributed by atoms with Gasteiger partial charge in [0.15, 0.2) is 0 Å². The van der Waals surface area contributed by atoms with Crippen molar-refractivity contribution in [2.75, 3.05) is 20.2 Å². The van der Waals surface area contributed by atoms with Gasteiger partial charge >= 0.3 is 6.09 Å². The van der Waals surface area contributed by atoms with Gasteiger partial charge < -0.3 is 20.1 Å². The molecule has 2 N–H and O–H groups in total. The van der Waals surface area contributed by atoms with Crippen LogP contribution in [0.15, 0.2) is 0 Å². The van der Waals surface area contributed by atoms with Gasteiger partial charge in [-0.3, -0.25) is 4.79 Å². The highest BCUT2D eigenvalue weighted by molar-refractivity contribution is 5.67. The Morgan fingerprint density at radius 2 is 2.05 bits per heavy atom. The number of nitrogens with one attached hydrogen (secondary N) is 2. The van der Waals surface area contributed by atoms with Crippen LogP contribution in [0.5, 0.6) is 0 Å². The molecule has 1 atom stereocenters. The van der Waals surface area contributed by atoms with Crippen molar-refractivity contribution in [3.63, 3.8) is 0 Å². The third kappa shape index (κ3) is 11.5. The molecule has 0 radical (unpaired) electrons. The molecule has 6 nitrogen and oxygen atoms in total. The summed E-state index contributed by atoms with van der Waals surface area (Å²) in [5, 5.41) is 6.15. The monoisotopic (exact) mass is 274 g/mol. The number of rotatable bonds is 3. The normalized spacial score (nSPS) is 18.6. The predicted octanol–water partition coefficient (Wildman–Crippen LogP) is 1.44. The number of alkyl carbamates (subject to hydrolysis) is 1. The molecular weight excluding hydrogens is 248 g/mol. The Kier molecular flexibility index (Phi) is 8.95. The van der Waals surface area contributed by atoms with E-state index < -0.39 is 5.60 Å². The number of carbonyl (C=O) groups is 2. The maximum absolute atomic E-state index is 11.3. The number of ether oxygens (including phenoxy) is 2. The van der Waals surface area contributed by atoms with Gasteiger partial charge in [-0.1, -0.05) is 6.42 Å². The summed E-state index contributed by atoms with van der Waals surface area (Å²) in [6.07, 6.45) is 3.29. The lowest BCUT2D eigenvalue weighted by Gasteiger charge is -2.25. The topological polar surface area (TPSA) is 76.7 Å². The van der Waals surface area contributed by atoms with Crippen LogP contribution in [0.1, 0.15) is 40.0 Å². The van der Waals surface area contributed by atoms with E-state index in [-0.39, 0.29) is 6.09 Å². The highest BCUT2D eigenvalue weighted by Gasteiger charge is 2.18. The van der Waals surface area contributed by atoms with Crippen molar-refractivity contribution in [3.05, 3.63) is 0 Å². The lowest BCUT2D eigenvalue weighted by molar-refractivity contribution is -0.126. The maximum atomic E-state index is 11.3. The van der Waals surface area contributed by atoms with E-state index >= 15 is 0 Å². The Labute approximate surface area is 115 Å². The molecule has 112 valence electrons. The van der Waals surface area contributed by atoms with E-state index in [1.165, 1.54) is 20.0 Å². The van der Waals surface area contributed by atoms with Crippen molar-refractivity contribution in [1.29, 1.82) is 0 Å². The molecule has 1 heterocycles. The first-order chi connectivity index (χ1) is 8.89. The lowest BCUT2D eigenvalue weighted by atomic mass is 10.1. The summed E-state index contributed by atoms with van der Waals surface area (Å²) in [5.41, 5.74) is -0.413. The zero-order valence-corrected chi connectivity index (χ0v) is 12.3. The van der Waals surface area contributed by atoms with E-state index in [0.29, 0.717) is 19.1 Å². The Morgan fingerprint density at radius 1 is 1.42 bits per heavy atom. The largest absolute Gasteiger partial charge is 0.471 e. The van der Waals surface area contributed by atoms with Crippen LogP contribution in [0.25, 0.3) is 0 Å². The summed E-state index contributed by atoms with van der Waals surface area (Å²) in [6, 6.07) is 0.409. The number of methoxy groups -OCH3 is 1. The predicted molar refractivity (Wildman–Crippen MR) is 73.0 cm³/mol. The van der Waals surface area contributed by atoms with Crippen LogP contribution in [0.2, 0.25) is 0 Å². The fourth-order valence-corrected chi connectivity index (χ4v) is 1.62. The van der Waals surface area contributed by atoms with Crippen molar-refractivity contribution < 1.29 is 19.1 Å². The molecule has 1 amide bonds. The van der Waals surface area contributed by atoms with Crippen LogP contribution in [0.3, 0.4) is 0 Å². The number of hydrogen-bond acceptors (Lipinski definition) is 5. The molecule has 0 aromatic rings. The second-order valence-electron chi connectivity index (χ2n) is 5.36. The molecule has 1 fully saturated rings. The van der Waals surface area contributed by atoms with Crippen LogP contribution >= 0.6 is 0 Å². The minimum Gasteiger partial charge on any atom is -0.471 e. The molecule has 0 saturated carbocycles. The van der Waals surface area contributed by atoms with E-state index in [2.05, 4.69) is 15.4 Å². The van der Waals surface area contributed by atoms with Crippen LogP contribution < -0.4 is 10.6 Å². The third-order valence-corrected chi connectivity index (χ3v) is 2.40. The Hall–Kier alpha value is -1.30. The second-order valence-corrected chi connectivity index (χ2v) is 5.36. The van der Waals surface area contributed by atoms with Crippen LogP contribution in [-0.4, -0.2) is 44.4 Å². The van der Waals surface area contributed by atoms with Gasteiger partial charge in [0.2, 0.25) is 0 Å². The highest BCUT2D eigenvalue weighted by atomic mass is 16.6. The van der Waals surface area contributed by atoms with Gasteiger partial charge in [0.05, 0.1) is 7.11 Å². The number of amides is 1. The molecule has 0 aromatic heterocycles. The Balaban J connectivity index is 0.000000711. The van der Waals surface area contributed by atoms with Crippen molar-refractivity contribution in [1.82, 2.24) is 10.6 Å². The molecule has 0 unspecified atom stereocenters. The summed E-state index contributed by atoms with van der Waals surface area (Å²) < 4.78 is 9.01. The number of hydrogen-bond donors (Lipinski definition) is 2.